The number of para-hydroxylation sites is 1. The fourth-order valence-electron chi connectivity index (χ4n) is 3.26. The van der Waals surface area contributed by atoms with Crippen LogP contribution in [0, 0.1) is 0 Å². The van der Waals surface area contributed by atoms with Gasteiger partial charge in [0.15, 0.2) is 0 Å². The summed E-state index contributed by atoms with van der Waals surface area (Å²) >= 11 is 0. The second-order valence-corrected chi connectivity index (χ2v) is 6.52. The Morgan fingerprint density at radius 2 is 2.07 bits per heavy atom. The van der Waals surface area contributed by atoms with Crippen molar-refractivity contribution < 1.29 is 18.7 Å². The molecule has 144 valence electrons. The third kappa shape index (κ3) is 3.66. The Kier molecular flexibility index (Phi) is 4.92. The van der Waals surface area contributed by atoms with E-state index in [1.54, 1.807) is 29.2 Å². The van der Waals surface area contributed by atoms with Crippen LogP contribution in [0.25, 0.3) is 11.0 Å². The van der Waals surface area contributed by atoms with Crippen molar-refractivity contribution in [3.63, 3.8) is 0 Å². The summed E-state index contributed by atoms with van der Waals surface area (Å²) in [6.45, 7) is 0.902. The maximum Gasteiger partial charge on any atom is 0.349 e. The van der Waals surface area contributed by atoms with Gasteiger partial charge in [-0.2, -0.15) is 4.98 Å². The molecular formula is C20H19N3O5. The van der Waals surface area contributed by atoms with Crippen LogP contribution in [0.15, 0.2) is 51.9 Å². The predicted molar refractivity (Wildman–Crippen MR) is 101 cm³/mol. The number of ether oxygens (including phenoxy) is 2. The molecule has 0 spiro atoms. The van der Waals surface area contributed by atoms with Crippen molar-refractivity contribution in [3.05, 3.63) is 58.7 Å². The first-order valence-corrected chi connectivity index (χ1v) is 8.99. The third-order valence-corrected chi connectivity index (χ3v) is 4.62. The fourth-order valence-corrected chi connectivity index (χ4v) is 3.26. The molecule has 0 saturated carbocycles. The fraction of sp³-hybridized carbons (Fsp3) is 0.300. The molecule has 1 aromatic carbocycles. The predicted octanol–water partition coefficient (Wildman–Crippen LogP) is 2.28. The molecule has 4 rings (SSSR count). The molecular weight excluding hydrogens is 362 g/mol. The highest BCUT2D eigenvalue weighted by molar-refractivity contribution is 5.96. The van der Waals surface area contributed by atoms with Crippen LogP contribution in [-0.4, -0.2) is 47.1 Å². The van der Waals surface area contributed by atoms with Crippen molar-refractivity contribution in [2.45, 2.75) is 18.9 Å². The Balaban J connectivity index is 1.52. The average Bonchev–Trinajstić information content (AvgIpc) is 2.73. The van der Waals surface area contributed by atoms with Gasteiger partial charge >= 0.3 is 5.63 Å². The minimum Gasteiger partial charge on any atom is -0.480 e. The number of carbonyl (C=O) groups is 1. The van der Waals surface area contributed by atoms with E-state index < -0.39 is 5.63 Å². The standard InChI is InChI=1S/C20H19N3O5/c1-26-17-10-21-11-18(22-17)27-14-6-4-8-23(12-14)19(24)15-9-13-5-2-3-7-16(13)28-20(15)25/h2-3,5,7,9-11,14H,4,6,8,12H2,1H3. The summed E-state index contributed by atoms with van der Waals surface area (Å²) in [4.78, 5) is 35.0. The molecule has 1 saturated heterocycles. The normalized spacial score (nSPS) is 16.8. The van der Waals surface area contributed by atoms with Crippen molar-refractivity contribution in [3.8, 4) is 11.8 Å². The van der Waals surface area contributed by atoms with E-state index in [4.69, 9.17) is 13.9 Å². The number of hydrogen-bond acceptors (Lipinski definition) is 7. The summed E-state index contributed by atoms with van der Waals surface area (Å²) in [6, 6.07) is 8.70. The molecule has 0 radical (unpaired) electrons. The third-order valence-electron chi connectivity index (χ3n) is 4.62. The minimum absolute atomic E-state index is 0.0283. The molecule has 1 aliphatic heterocycles. The number of benzene rings is 1. The number of piperidine rings is 1. The van der Waals surface area contributed by atoms with Gasteiger partial charge in [0.1, 0.15) is 17.3 Å². The van der Waals surface area contributed by atoms with Crippen LogP contribution >= 0.6 is 0 Å². The van der Waals surface area contributed by atoms with E-state index >= 15 is 0 Å². The molecule has 1 unspecified atom stereocenters. The van der Waals surface area contributed by atoms with E-state index in [2.05, 4.69) is 9.97 Å². The quantitative estimate of drug-likeness (QED) is 0.640. The van der Waals surface area contributed by atoms with E-state index in [9.17, 15) is 9.59 Å². The van der Waals surface area contributed by atoms with E-state index in [0.717, 1.165) is 12.8 Å². The zero-order valence-corrected chi connectivity index (χ0v) is 15.3. The maximum absolute atomic E-state index is 12.9. The highest BCUT2D eigenvalue weighted by Gasteiger charge is 2.28. The SMILES string of the molecule is COc1cncc(OC2CCCN(C(=O)c3cc4ccccc4oc3=O)C2)n1. The number of amides is 1. The number of fused-ring (bicyclic) bond motifs is 1. The summed E-state index contributed by atoms with van der Waals surface area (Å²) in [5.74, 6) is 0.336. The molecule has 1 fully saturated rings. The first kappa shape index (κ1) is 18.0. The lowest BCUT2D eigenvalue weighted by Crippen LogP contribution is -2.45. The smallest absolute Gasteiger partial charge is 0.349 e. The van der Waals surface area contributed by atoms with E-state index in [1.165, 1.54) is 19.5 Å². The van der Waals surface area contributed by atoms with Crippen LogP contribution in [0.3, 0.4) is 0 Å². The van der Waals surface area contributed by atoms with Crippen LogP contribution < -0.4 is 15.1 Å². The number of aromatic nitrogens is 2. The second kappa shape index (κ2) is 7.67. The first-order valence-electron chi connectivity index (χ1n) is 8.99. The van der Waals surface area contributed by atoms with Crippen molar-refractivity contribution in [2.75, 3.05) is 20.2 Å². The topological polar surface area (TPSA) is 94.8 Å². The van der Waals surface area contributed by atoms with E-state index in [1.807, 2.05) is 6.07 Å². The first-order chi connectivity index (χ1) is 13.6. The van der Waals surface area contributed by atoms with Gasteiger partial charge in [-0.05, 0) is 25.0 Å². The molecule has 3 aromatic rings. The Labute approximate surface area is 160 Å². The van der Waals surface area contributed by atoms with Crippen molar-refractivity contribution in [1.29, 1.82) is 0 Å². The number of rotatable bonds is 4. The molecule has 28 heavy (non-hydrogen) atoms. The van der Waals surface area contributed by atoms with Crippen molar-refractivity contribution in [2.24, 2.45) is 0 Å². The van der Waals surface area contributed by atoms with Gasteiger partial charge < -0.3 is 18.8 Å². The van der Waals surface area contributed by atoms with Crippen LogP contribution in [0.2, 0.25) is 0 Å². The molecule has 0 N–H and O–H groups in total. The Morgan fingerprint density at radius 1 is 1.25 bits per heavy atom. The number of nitrogens with zero attached hydrogens (tertiary/aromatic N) is 3. The van der Waals surface area contributed by atoms with Crippen LogP contribution in [0.4, 0.5) is 0 Å². The van der Waals surface area contributed by atoms with Crippen molar-refractivity contribution in [1.82, 2.24) is 14.9 Å². The molecule has 1 aliphatic rings. The largest absolute Gasteiger partial charge is 0.480 e. The Morgan fingerprint density at radius 3 is 2.93 bits per heavy atom. The molecule has 3 heterocycles. The number of methoxy groups -OCH3 is 1. The van der Waals surface area contributed by atoms with Gasteiger partial charge in [0.05, 0.1) is 26.0 Å². The van der Waals surface area contributed by atoms with Crippen LogP contribution in [0.1, 0.15) is 23.2 Å². The Hall–Kier alpha value is -3.42. The maximum atomic E-state index is 12.9. The lowest BCUT2D eigenvalue weighted by molar-refractivity contribution is 0.0522. The molecule has 0 bridgehead atoms. The van der Waals surface area contributed by atoms with Gasteiger partial charge in [-0.25, -0.2) is 4.79 Å². The highest BCUT2D eigenvalue weighted by atomic mass is 16.5. The molecule has 1 amide bonds. The number of hydrogen-bond donors (Lipinski definition) is 0. The van der Waals surface area contributed by atoms with Gasteiger partial charge in [0.25, 0.3) is 5.91 Å². The molecule has 2 aromatic heterocycles. The van der Waals surface area contributed by atoms with Gasteiger partial charge in [0, 0.05) is 11.9 Å². The summed E-state index contributed by atoms with van der Waals surface area (Å²) in [7, 11) is 1.50. The lowest BCUT2D eigenvalue weighted by atomic mass is 10.1. The summed E-state index contributed by atoms with van der Waals surface area (Å²) in [5.41, 5.74) is -0.147. The van der Waals surface area contributed by atoms with Gasteiger partial charge in [-0.3, -0.25) is 9.78 Å². The van der Waals surface area contributed by atoms with Gasteiger partial charge in [-0.15, -0.1) is 0 Å². The zero-order valence-electron chi connectivity index (χ0n) is 15.3. The zero-order chi connectivity index (χ0) is 19.5. The van der Waals surface area contributed by atoms with Crippen LogP contribution in [0.5, 0.6) is 11.8 Å². The van der Waals surface area contributed by atoms with Gasteiger partial charge in [-0.1, -0.05) is 18.2 Å². The highest BCUT2D eigenvalue weighted by Crippen LogP contribution is 2.20. The number of likely N-dealkylation sites (tertiary alicyclic amines) is 1. The molecule has 8 nitrogen and oxygen atoms in total. The van der Waals surface area contributed by atoms with Gasteiger partial charge in [0.2, 0.25) is 11.8 Å². The Bertz CT molecular complexity index is 1060. The minimum atomic E-state index is -0.634. The summed E-state index contributed by atoms with van der Waals surface area (Å²) < 4.78 is 16.2. The van der Waals surface area contributed by atoms with E-state index in [-0.39, 0.29) is 17.6 Å². The molecule has 1 atom stereocenters. The molecule has 0 aliphatic carbocycles. The average molecular weight is 381 g/mol. The summed E-state index contributed by atoms with van der Waals surface area (Å²) in [6.07, 6.45) is 4.28. The van der Waals surface area contributed by atoms with Crippen molar-refractivity contribution >= 4 is 16.9 Å². The molecule has 8 heteroatoms. The van der Waals surface area contributed by atoms with E-state index in [0.29, 0.717) is 35.8 Å². The monoisotopic (exact) mass is 381 g/mol. The number of carbonyl (C=O) groups excluding carboxylic acids is 1. The summed E-state index contributed by atoms with van der Waals surface area (Å²) in [5, 5.41) is 0.710. The van der Waals surface area contributed by atoms with Crippen LogP contribution in [-0.2, 0) is 0 Å². The second-order valence-electron chi connectivity index (χ2n) is 6.52. The lowest BCUT2D eigenvalue weighted by Gasteiger charge is -2.32.